The molecule has 0 saturated carbocycles. The van der Waals surface area contributed by atoms with Crippen molar-refractivity contribution in [1.82, 2.24) is 0 Å². The second-order valence-corrected chi connectivity index (χ2v) is 4.54. The van der Waals surface area contributed by atoms with Crippen molar-refractivity contribution in [3.8, 4) is 0 Å². The lowest BCUT2D eigenvalue weighted by Crippen LogP contribution is -1.80. The minimum atomic E-state index is 0.831. The van der Waals surface area contributed by atoms with Gasteiger partial charge in [0, 0.05) is 10.4 Å². The molecule has 0 bridgehead atoms. The quantitative estimate of drug-likeness (QED) is 0.476. The largest absolute Gasteiger partial charge is 0.0836 e. The molecule has 0 N–H and O–H groups in total. The van der Waals surface area contributed by atoms with Gasteiger partial charge in [0.25, 0.3) is 0 Å². The van der Waals surface area contributed by atoms with Crippen LogP contribution in [0.1, 0.15) is 5.56 Å². The van der Waals surface area contributed by atoms with Crippen molar-refractivity contribution >= 4 is 33.1 Å². The third kappa shape index (κ3) is 1.38. The van der Waals surface area contributed by atoms with Gasteiger partial charge in [-0.15, -0.1) is 0 Å². The third-order valence-corrected chi connectivity index (χ3v) is 3.28. The molecule has 0 aliphatic heterocycles. The van der Waals surface area contributed by atoms with Crippen molar-refractivity contribution in [2.75, 3.05) is 0 Å². The molecule has 0 spiro atoms. The summed E-state index contributed by atoms with van der Waals surface area (Å²) in [5, 5.41) is 5.66. The number of halogens is 1. The molecule has 3 aromatic carbocycles. The first kappa shape index (κ1) is 9.68. The van der Waals surface area contributed by atoms with Gasteiger partial charge in [0.05, 0.1) is 0 Å². The summed E-state index contributed by atoms with van der Waals surface area (Å²) < 4.78 is 0. The molecule has 0 heterocycles. The zero-order chi connectivity index (χ0) is 11.1. The molecule has 0 fully saturated rings. The van der Waals surface area contributed by atoms with E-state index in [1.807, 2.05) is 12.1 Å². The van der Waals surface area contributed by atoms with Gasteiger partial charge in [-0.3, -0.25) is 0 Å². The van der Waals surface area contributed by atoms with Crippen molar-refractivity contribution in [2.45, 2.75) is 6.92 Å². The number of aryl methyl sites for hydroxylation is 1. The van der Waals surface area contributed by atoms with Crippen LogP contribution >= 0.6 is 11.6 Å². The predicted molar refractivity (Wildman–Crippen MR) is 71.2 cm³/mol. The van der Waals surface area contributed by atoms with Gasteiger partial charge in [-0.25, -0.2) is 0 Å². The van der Waals surface area contributed by atoms with E-state index < -0.39 is 0 Å². The van der Waals surface area contributed by atoms with Gasteiger partial charge in [0.1, 0.15) is 0 Å². The Morgan fingerprint density at radius 3 is 2.50 bits per heavy atom. The van der Waals surface area contributed by atoms with Crippen molar-refractivity contribution in [2.24, 2.45) is 0 Å². The maximum atomic E-state index is 6.31. The average molecular weight is 227 g/mol. The van der Waals surface area contributed by atoms with Crippen LogP contribution in [0.5, 0.6) is 0 Å². The molecular weight excluding hydrogens is 216 g/mol. The van der Waals surface area contributed by atoms with Crippen LogP contribution in [0.3, 0.4) is 0 Å². The summed E-state index contributed by atoms with van der Waals surface area (Å²) in [6.45, 7) is 2.09. The van der Waals surface area contributed by atoms with Crippen LogP contribution in [0.15, 0.2) is 48.5 Å². The Labute approximate surface area is 99.5 Å². The fraction of sp³-hybridized carbons (Fsp3) is 0.0667. The molecule has 3 rings (SSSR count). The van der Waals surface area contributed by atoms with Gasteiger partial charge in [0.15, 0.2) is 0 Å². The smallest absolute Gasteiger partial charge is 0.0490 e. The summed E-state index contributed by atoms with van der Waals surface area (Å²) >= 11 is 6.31. The minimum Gasteiger partial charge on any atom is -0.0836 e. The molecule has 0 radical (unpaired) electrons. The van der Waals surface area contributed by atoms with Crippen LogP contribution < -0.4 is 0 Å². The molecule has 0 aliphatic rings. The Kier molecular flexibility index (Phi) is 2.12. The van der Waals surface area contributed by atoms with E-state index in [2.05, 4.69) is 43.3 Å². The molecule has 78 valence electrons. The number of fused-ring (bicyclic) bond motifs is 3. The lowest BCUT2D eigenvalue weighted by atomic mass is 10.0. The van der Waals surface area contributed by atoms with Crippen LogP contribution in [0.25, 0.3) is 21.5 Å². The molecule has 16 heavy (non-hydrogen) atoms. The molecule has 1 heteroatoms. The summed E-state index contributed by atoms with van der Waals surface area (Å²) in [6.07, 6.45) is 0. The van der Waals surface area contributed by atoms with E-state index in [0.717, 1.165) is 10.4 Å². The van der Waals surface area contributed by atoms with E-state index >= 15 is 0 Å². The predicted octanol–water partition coefficient (Wildman–Crippen LogP) is 4.95. The number of hydrogen-bond donors (Lipinski definition) is 0. The Morgan fingerprint density at radius 1 is 0.812 bits per heavy atom. The zero-order valence-corrected chi connectivity index (χ0v) is 9.75. The standard InChI is InChI=1S/C15H11Cl/c1-10-6-7-13-12-5-3-2-4-11(12)9-15(16)14(13)8-10/h2-9H,1H3. The minimum absolute atomic E-state index is 0.831. The first-order valence-corrected chi connectivity index (χ1v) is 5.71. The Morgan fingerprint density at radius 2 is 1.62 bits per heavy atom. The van der Waals surface area contributed by atoms with Gasteiger partial charge in [-0.1, -0.05) is 53.6 Å². The van der Waals surface area contributed by atoms with E-state index in [4.69, 9.17) is 11.6 Å². The average Bonchev–Trinajstić information content (AvgIpc) is 2.29. The van der Waals surface area contributed by atoms with Crippen LogP contribution in [0, 0.1) is 6.92 Å². The molecule has 0 unspecified atom stereocenters. The van der Waals surface area contributed by atoms with Crippen molar-refractivity contribution in [3.05, 3.63) is 59.1 Å². The van der Waals surface area contributed by atoms with Gasteiger partial charge >= 0.3 is 0 Å². The summed E-state index contributed by atoms with van der Waals surface area (Å²) in [5.74, 6) is 0. The fourth-order valence-corrected chi connectivity index (χ4v) is 2.45. The summed E-state index contributed by atoms with van der Waals surface area (Å²) in [4.78, 5) is 0. The van der Waals surface area contributed by atoms with Crippen LogP contribution in [0.2, 0.25) is 5.02 Å². The van der Waals surface area contributed by atoms with Gasteiger partial charge in [0.2, 0.25) is 0 Å². The summed E-state index contributed by atoms with van der Waals surface area (Å²) in [7, 11) is 0. The van der Waals surface area contributed by atoms with E-state index in [-0.39, 0.29) is 0 Å². The summed E-state index contributed by atoms with van der Waals surface area (Å²) in [6, 6.07) is 16.8. The molecular formula is C15H11Cl. The normalized spacial score (nSPS) is 11.1. The molecule has 0 nitrogen and oxygen atoms in total. The molecule has 3 aromatic rings. The second-order valence-electron chi connectivity index (χ2n) is 4.13. The van der Waals surface area contributed by atoms with Crippen LogP contribution in [-0.2, 0) is 0 Å². The Balaban J connectivity index is 2.59. The topological polar surface area (TPSA) is 0 Å². The van der Waals surface area contributed by atoms with Gasteiger partial charge in [-0.2, -0.15) is 0 Å². The zero-order valence-electron chi connectivity index (χ0n) is 9.00. The van der Waals surface area contributed by atoms with E-state index in [1.54, 1.807) is 0 Å². The molecule has 0 aromatic heterocycles. The highest BCUT2D eigenvalue weighted by Gasteiger charge is 2.04. The molecule has 0 atom stereocenters. The monoisotopic (exact) mass is 226 g/mol. The summed E-state index contributed by atoms with van der Waals surface area (Å²) in [5.41, 5.74) is 1.24. The SMILES string of the molecule is Cc1ccc2c(c1)c(Cl)cc1ccccc12. The van der Waals surface area contributed by atoms with Crippen molar-refractivity contribution < 1.29 is 0 Å². The lowest BCUT2D eigenvalue weighted by Gasteiger charge is -2.06. The second kappa shape index (κ2) is 3.50. The first-order valence-electron chi connectivity index (χ1n) is 5.33. The van der Waals surface area contributed by atoms with Crippen LogP contribution in [0.4, 0.5) is 0 Å². The number of benzene rings is 3. The number of hydrogen-bond acceptors (Lipinski definition) is 0. The number of rotatable bonds is 0. The highest BCUT2D eigenvalue weighted by Crippen LogP contribution is 2.32. The highest BCUT2D eigenvalue weighted by molar-refractivity contribution is 6.37. The van der Waals surface area contributed by atoms with E-state index in [9.17, 15) is 0 Å². The van der Waals surface area contributed by atoms with Crippen molar-refractivity contribution in [1.29, 1.82) is 0 Å². The van der Waals surface area contributed by atoms with E-state index in [0.29, 0.717) is 0 Å². The molecule has 0 aliphatic carbocycles. The van der Waals surface area contributed by atoms with Gasteiger partial charge < -0.3 is 0 Å². The molecule has 0 saturated heterocycles. The van der Waals surface area contributed by atoms with Gasteiger partial charge in [-0.05, 0) is 35.2 Å². The van der Waals surface area contributed by atoms with E-state index in [1.165, 1.54) is 21.7 Å². The first-order chi connectivity index (χ1) is 7.75. The molecule has 0 amide bonds. The highest BCUT2D eigenvalue weighted by atomic mass is 35.5. The third-order valence-electron chi connectivity index (χ3n) is 2.97. The Hall–Kier alpha value is -1.53. The maximum Gasteiger partial charge on any atom is 0.0490 e. The lowest BCUT2D eigenvalue weighted by molar-refractivity contribution is 1.51. The van der Waals surface area contributed by atoms with Crippen molar-refractivity contribution in [3.63, 3.8) is 0 Å². The fourth-order valence-electron chi connectivity index (χ4n) is 2.17. The maximum absolute atomic E-state index is 6.31. The Bertz CT molecular complexity index is 683. The van der Waals surface area contributed by atoms with Crippen LogP contribution in [-0.4, -0.2) is 0 Å².